The number of H-pyrrole nitrogens is 1. The first-order chi connectivity index (χ1) is 13.1. The summed E-state index contributed by atoms with van der Waals surface area (Å²) >= 11 is 0. The molecule has 3 N–H and O–H groups in total. The number of hydrogen-bond acceptors (Lipinski definition) is 4. The quantitative estimate of drug-likeness (QED) is 0.604. The van der Waals surface area contributed by atoms with Gasteiger partial charge in [0, 0.05) is 29.0 Å². The standard InChI is InChI=1S/C20H17FN4O2/c1-27-19-5-2-13(21)6-12(19)9-23-14-3-4-18-16(7-14)17(20(26)25-18)8-15-10-22-11-24-15/h2-8,10-11,23H,9H2,1H3,(H,22,24)(H,25,26)/b17-8+. The van der Waals surface area contributed by atoms with Gasteiger partial charge in [-0.2, -0.15) is 0 Å². The van der Waals surface area contributed by atoms with Crippen LogP contribution in [0, 0.1) is 5.82 Å². The minimum atomic E-state index is -0.318. The lowest BCUT2D eigenvalue weighted by Gasteiger charge is -2.11. The lowest BCUT2D eigenvalue weighted by atomic mass is 10.1. The van der Waals surface area contributed by atoms with Crippen molar-refractivity contribution in [1.82, 2.24) is 9.97 Å². The summed E-state index contributed by atoms with van der Waals surface area (Å²) in [6.45, 7) is 0.390. The zero-order valence-electron chi connectivity index (χ0n) is 14.5. The molecule has 0 radical (unpaired) electrons. The molecule has 1 aliphatic rings. The number of anilines is 2. The Hall–Kier alpha value is -3.61. The lowest BCUT2D eigenvalue weighted by Crippen LogP contribution is -2.03. The van der Waals surface area contributed by atoms with Crippen LogP contribution in [0.1, 0.15) is 16.8 Å². The molecule has 136 valence electrons. The fourth-order valence-electron chi connectivity index (χ4n) is 3.02. The van der Waals surface area contributed by atoms with Crippen molar-refractivity contribution in [3.05, 3.63) is 71.6 Å². The molecular weight excluding hydrogens is 347 g/mol. The Kier molecular flexibility index (Phi) is 4.33. The molecule has 0 saturated carbocycles. The molecule has 7 heteroatoms. The van der Waals surface area contributed by atoms with Crippen LogP contribution < -0.4 is 15.4 Å². The van der Waals surface area contributed by atoms with Gasteiger partial charge in [0.1, 0.15) is 11.6 Å². The first-order valence-corrected chi connectivity index (χ1v) is 8.36. The predicted molar refractivity (Wildman–Crippen MR) is 102 cm³/mol. The van der Waals surface area contributed by atoms with Crippen LogP contribution in [-0.4, -0.2) is 23.0 Å². The summed E-state index contributed by atoms with van der Waals surface area (Å²) in [4.78, 5) is 19.2. The van der Waals surface area contributed by atoms with E-state index >= 15 is 0 Å². The van der Waals surface area contributed by atoms with Crippen molar-refractivity contribution in [3.63, 3.8) is 0 Å². The van der Waals surface area contributed by atoms with Gasteiger partial charge in [0.25, 0.3) is 5.91 Å². The van der Waals surface area contributed by atoms with Crippen LogP contribution in [0.5, 0.6) is 5.75 Å². The van der Waals surface area contributed by atoms with E-state index < -0.39 is 0 Å². The number of aromatic amines is 1. The maximum Gasteiger partial charge on any atom is 0.256 e. The van der Waals surface area contributed by atoms with Gasteiger partial charge in [-0.1, -0.05) is 0 Å². The first kappa shape index (κ1) is 16.8. The fourth-order valence-corrected chi connectivity index (χ4v) is 3.02. The van der Waals surface area contributed by atoms with Gasteiger partial charge in [-0.15, -0.1) is 0 Å². The molecule has 4 rings (SSSR count). The highest BCUT2D eigenvalue weighted by molar-refractivity contribution is 6.35. The molecule has 0 atom stereocenters. The number of nitrogens with zero attached hydrogens (tertiary/aromatic N) is 1. The Morgan fingerprint density at radius 1 is 1.26 bits per heavy atom. The fraction of sp³-hybridized carbons (Fsp3) is 0.100. The first-order valence-electron chi connectivity index (χ1n) is 8.36. The van der Waals surface area contributed by atoms with Gasteiger partial charge in [-0.3, -0.25) is 4.79 Å². The summed E-state index contributed by atoms with van der Waals surface area (Å²) in [6.07, 6.45) is 4.97. The van der Waals surface area contributed by atoms with Crippen LogP contribution in [0.3, 0.4) is 0 Å². The Balaban J connectivity index is 1.59. The second-order valence-electron chi connectivity index (χ2n) is 6.09. The van der Waals surface area contributed by atoms with Crippen LogP contribution in [0.2, 0.25) is 0 Å². The van der Waals surface area contributed by atoms with E-state index in [0.717, 1.165) is 22.6 Å². The molecular formula is C20H17FN4O2. The summed E-state index contributed by atoms with van der Waals surface area (Å²) in [5.41, 5.74) is 4.37. The molecule has 0 aliphatic carbocycles. The second kappa shape index (κ2) is 6.95. The number of amides is 1. The molecule has 0 fully saturated rings. The number of methoxy groups -OCH3 is 1. The smallest absolute Gasteiger partial charge is 0.256 e. The van der Waals surface area contributed by atoms with E-state index in [0.29, 0.717) is 23.4 Å². The molecule has 0 unspecified atom stereocenters. The van der Waals surface area contributed by atoms with E-state index in [2.05, 4.69) is 20.6 Å². The predicted octanol–water partition coefficient (Wildman–Crippen LogP) is 3.66. The third kappa shape index (κ3) is 3.39. The van der Waals surface area contributed by atoms with Gasteiger partial charge in [0.2, 0.25) is 0 Å². The number of hydrogen-bond donors (Lipinski definition) is 3. The van der Waals surface area contributed by atoms with Crippen molar-refractivity contribution in [2.45, 2.75) is 6.54 Å². The Labute approximate surface area is 155 Å². The highest BCUT2D eigenvalue weighted by Crippen LogP contribution is 2.35. The number of imidazole rings is 1. The van der Waals surface area contributed by atoms with Crippen LogP contribution in [-0.2, 0) is 11.3 Å². The summed E-state index contributed by atoms with van der Waals surface area (Å²) in [5.74, 6) is 0.131. The monoisotopic (exact) mass is 364 g/mol. The number of fused-ring (bicyclic) bond motifs is 1. The molecule has 0 saturated heterocycles. The number of ether oxygens (including phenoxy) is 1. The zero-order valence-corrected chi connectivity index (χ0v) is 14.5. The van der Waals surface area contributed by atoms with E-state index in [4.69, 9.17) is 4.74 Å². The SMILES string of the molecule is COc1ccc(F)cc1CNc1ccc2c(c1)/C(=C\c1cnc[nH]1)C(=O)N2. The van der Waals surface area contributed by atoms with E-state index in [1.807, 2.05) is 18.2 Å². The van der Waals surface area contributed by atoms with Crippen molar-refractivity contribution < 1.29 is 13.9 Å². The maximum atomic E-state index is 13.5. The zero-order chi connectivity index (χ0) is 18.8. The van der Waals surface area contributed by atoms with Crippen molar-refractivity contribution in [3.8, 4) is 5.75 Å². The maximum absolute atomic E-state index is 13.5. The molecule has 0 bridgehead atoms. The van der Waals surface area contributed by atoms with Gasteiger partial charge in [0.05, 0.1) is 30.9 Å². The number of nitrogens with one attached hydrogen (secondary N) is 3. The number of halogens is 1. The number of rotatable bonds is 5. The van der Waals surface area contributed by atoms with Gasteiger partial charge < -0.3 is 20.4 Å². The van der Waals surface area contributed by atoms with Crippen molar-refractivity contribution >= 4 is 28.9 Å². The van der Waals surface area contributed by atoms with Gasteiger partial charge in [0.15, 0.2) is 0 Å². The van der Waals surface area contributed by atoms with Crippen molar-refractivity contribution in [2.24, 2.45) is 0 Å². The molecule has 27 heavy (non-hydrogen) atoms. The van der Waals surface area contributed by atoms with Crippen LogP contribution in [0.25, 0.3) is 11.6 Å². The number of benzene rings is 2. The summed E-state index contributed by atoms with van der Waals surface area (Å²) in [6, 6.07) is 10.00. The minimum Gasteiger partial charge on any atom is -0.496 e. The largest absolute Gasteiger partial charge is 0.496 e. The molecule has 6 nitrogen and oxygen atoms in total. The summed E-state index contributed by atoms with van der Waals surface area (Å²) in [7, 11) is 1.55. The second-order valence-corrected chi connectivity index (χ2v) is 6.09. The molecule has 1 amide bonds. The number of aromatic nitrogens is 2. The van der Waals surface area contributed by atoms with E-state index in [1.165, 1.54) is 12.1 Å². The molecule has 3 aromatic rings. The normalized spacial score (nSPS) is 14.1. The van der Waals surface area contributed by atoms with Crippen LogP contribution in [0.15, 0.2) is 48.9 Å². The highest BCUT2D eigenvalue weighted by atomic mass is 19.1. The van der Waals surface area contributed by atoms with Crippen molar-refractivity contribution in [1.29, 1.82) is 0 Å². The molecule has 2 heterocycles. The van der Waals surface area contributed by atoms with E-state index in [9.17, 15) is 9.18 Å². The van der Waals surface area contributed by atoms with E-state index in [-0.39, 0.29) is 11.7 Å². The van der Waals surface area contributed by atoms with Gasteiger partial charge in [-0.05, 0) is 42.5 Å². The Morgan fingerprint density at radius 3 is 2.93 bits per heavy atom. The average molecular weight is 364 g/mol. The average Bonchev–Trinajstić information content (AvgIpc) is 3.29. The van der Waals surface area contributed by atoms with E-state index in [1.54, 1.807) is 31.8 Å². The summed E-state index contributed by atoms with van der Waals surface area (Å²) in [5, 5.41) is 6.10. The third-order valence-electron chi connectivity index (χ3n) is 4.35. The number of carbonyl (C=O) groups is 1. The Bertz CT molecular complexity index is 1030. The summed E-state index contributed by atoms with van der Waals surface area (Å²) < 4.78 is 18.8. The molecule has 2 aromatic carbocycles. The van der Waals surface area contributed by atoms with Crippen LogP contribution in [0.4, 0.5) is 15.8 Å². The van der Waals surface area contributed by atoms with Gasteiger partial charge in [-0.25, -0.2) is 9.37 Å². The third-order valence-corrected chi connectivity index (χ3v) is 4.35. The van der Waals surface area contributed by atoms with Crippen molar-refractivity contribution in [2.75, 3.05) is 17.7 Å². The lowest BCUT2D eigenvalue weighted by molar-refractivity contribution is -0.110. The number of carbonyl (C=O) groups excluding carboxylic acids is 1. The highest BCUT2D eigenvalue weighted by Gasteiger charge is 2.24. The Morgan fingerprint density at radius 2 is 2.15 bits per heavy atom. The molecule has 0 spiro atoms. The van der Waals surface area contributed by atoms with Crippen LogP contribution >= 0.6 is 0 Å². The molecule has 1 aromatic heterocycles. The molecule has 1 aliphatic heterocycles. The minimum absolute atomic E-state index is 0.163. The topological polar surface area (TPSA) is 79.0 Å². The van der Waals surface area contributed by atoms with Gasteiger partial charge >= 0.3 is 0 Å².